The first-order chi connectivity index (χ1) is 16.0. The number of aromatic nitrogens is 2. The van der Waals surface area contributed by atoms with Gasteiger partial charge in [0.15, 0.2) is 0 Å². The summed E-state index contributed by atoms with van der Waals surface area (Å²) < 4.78 is 0. The van der Waals surface area contributed by atoms with Crippen LogP contribution in [0, 0.1) is 0 Å². The summed E-state index contributed by atoms with van der Waals surface area (Å²) in [5.41, 5.74) is 6.49. The van der Waals surface area contributed by atoms with Crippen LogP contribution in [0.5, 0.6) is 0 Å². The molecule has 2 aliphatic heterocycles. The van der Waals surface area contributed by atoms with Gasteiger partial charge in [0.1, 0.15) is 0 Å². The number of unbranched alkanes of at least 4 members (excludes halogenated alkanes) is 1. The molecule has 2 aliphatic rings. The number of para-hydroxylation sites is 1. The van der Waals surface area contributed by atoms with Crippen LogP contribution >= 0.6 is 0 Å². The molecule has 2 aromatic carbocycles. The number of piperazine rings is 1. The van der Waals surface area contributed by atoms with Gasteiger partial charge in [-0.15, -0.1) is 0 Å². The summed E-state index contributed by atoms with van der Waals surface area (Å²) in [4.78, 5) is 29.4. The molecule has 6 heteroatoms. The third kappa shape index (κ3) is 4.06. The number of hydrogen-bond donors (Lipinski definition) is 1. The summed E-state index contributed by atoms with van der Waals surface area (Å²) in [6.45, 7) is 12.0. The van der Waals surface area contributed by atoms with Gasteiger partial charge in [-0.25, -0.2) is 4.98 Å². The maximum absolute atomic E-state index is 12.4. The molecule has 0 radical (unpaired) electrons. The van der Waals surface area contributed by atoms with E-state index < -0.39 is 0 Å². The van der Waals surface area contributed by atoms with Crippen molar-refractivity contribution in [2.75, 3.05) is 31.1 Å². The van der Waals surface area contributed by atoms with Gasteiger partial charge in [-0.3, -0.25) is 14.8 Å². The molecule has 0 bridgehead atoms. The average Bonchev–Trinajstić information content (AvgIpc) is 3.16. The zero-order valence-electron chi connectivity index (χ0n) is 19.5. The molecule has 1 atom stereocenters. The molecule has 33 heavy (non-hydrogen) atoms. The Labute approximate surface area is 194 Å². The van der Waals surface area contributed by atoms with Gasteiger partial charge in [0.2, 0.25) is 5.95 Å². The van der Waals surface area contributed by atoms with Gasteiger partial charge in [0.05, 0.1) is 16.6 Å². The van der Waals surface area contributed by atoms with E-state index in [1.165, 1.54) is 30.5 Å². The summed E-state index contributed by atoms with van der Waals surface area (Å²) in [5, 5.41) is 0.625. The Kier molecular flexibility index (Phi) is 5.75. The molecule has 0 spiro atoms. The molecular weight excluding hydrogens is 410 g/mol. The first-order valence-corrected chi connectivity index (χ1v) is 11.9. The van der Waals surface area contributed by atoms with Crippen LogP contribution < -0.4 is 10.5 Å². The monoisotopic (exact) mass is 441 g/mol. The smallest absolute Gasteiger partial charge is 0.260 e. The predicted molar refractivity (Wildman–Crippen MR) is 137 cm³/mol. The normalized spacial score (nSPS) is 17.9. The van der Waals surface area contributed by atoms with Gasteiger partial charge in [0, 0.05) is 43.5 Å². The number of H-pyrrole nitrogens is 1. The zero-order valence-corrected chi connectivity index (χ0v) is 19.5. The third-order valence-corrected chi connectivity index (χ3v) is 6.95. The van der Waals surface area contributed by atoms with Crippen LogP contribution in [0.25, 0.3) is 16.6 Å². The van der Waals surface area contributed by atoms with E-state index >= 15 is 0 Å². The van der Waals surface area contributed by atoms with Crippen LogP contribution in [-0.4, -0.2) is 46.8 Å². The maximum atomic E-state index is 12.4. The van der Waals surface area contributed by atoms with Crippen molar-refractivity contribution in [2.24, 2.45) is 4.99 Å². The molecule has 1 N–H and O–H groups in total. The molecule has 6 nitrogen and oxygen atoms in total. The molecule has 1 unspecified atom stereocenters. The first kappa shape index (κ1) is 21.4. The Hall–Kier alpha value is -3.41. The highest BCUT2D eigenvalue weighted by Gasteiger charge is 2.26. The van der Waals surface area contributed by atoms with E-state index in [9.17, 15) is 4.79 Å². The summed E-state index contributed by atoms with van der Waals surface area (Å²) >= 11 is 0. The van der Waals surface area contributed by atoms with Crippen molar-refractivity contribution in [1.29, 1.82) is 0 Å². The number of anilines is 1. The second-order valence-electron chi connectivity index (χ2n) is 9.05. The number of fused-ring (bicyclic) bond motifs is 2. The number of hydrogen-bond acceptors (Lipinski definition) is 5. The minimum Gasteiger partial charge on any atom is -0.368 e. The highest BCUT2D eigenvalue weighted by molar-refractivity contribution is 5.96. The quantitative estimate of drug-likeness (QED) is 0.578. The van der Waals surface area contributed by atoms with E-state index in [1.807, 2.05) is 18.2 Å². The summed E-state index contributed by atoms with van der Waals surface area (Å²) in [7, 11) is 0. The fraction of sp³-hybridized carbons (Fsp3) is 0.370. The fourth-order valence-corrected chi connectivity index (χ4v) is 4.97. The van der Waals surface area contributed by atoms with Gasteiger partial charge in [-0.1, -0.05) is 50.6 Å². The molecule has 170 valence electrons. The number of rotatable bonds is 6. The van der Waals surface area contributed by atoms with Gasteiger partial charge >= 0.3 is 0 Å². The van der Waals surface area contributed by atoms with E-state index in [-0.39, 0.29) is 5.56 Å². The number of nitrogens with zero attached hydrogens (tertiary/aromatic N) is 4. The lowest BCUT2D eigenvalue weighted by Gasteiger charge is -2.37. The molecule has 5 rings (SSSR count). The Morgan fingerprint density at radius 3 is 2.73 bits per heavy atom. The minimum atomic E-state index is -0.0892. The van der Waals surface area contributed by atoms with Crippen molar-refractivity contribution in [3.8, 4) is 0 Å². The van der Waals surface area contributed by atoms with Crippen molar-refractivity contribution in [2.45, 2.75) is 39.0 Å². The van der Waals surface area contributed by atoms with Crippen LogP contribution in [0.3, 0.4) is 0 Å². The van der Waals surface area contributed by atoms with Crippen molar-refractivity contribution < 1.29 is 0 Å². The van der Waals surface area contributed by atoms with E-state index in [1.54, 1.807) is 6.07 Å². The predicted octanol–water partition coefficient (Wildman–Crippen LogP) is 5.10. The Balaban J connectivity index is 1.28. The lowest BCUT2D eigenvalue weighted by atomic mass is 9.90. The standard InChI is InChI=1S/C27H31N5O/c1-4-5-8-21-18(2)28-25-17-20(11-12-22(21)25)19(3)31-13-15-32(16-14-31)27-29-24-10-7-6-9-23(24)26(33)30-27/h6-7,9-12,17,21H,3-5,8,13-16H2,1-2H3,(H,29,30,33). The largest absolute Gasteiger partial charge is 0.368 e. The molecule has 1 fully saturated rings. The molecule has 1 saturated heterocycles. The summed E-state index contributed by atoms with van der Waals surface area (Å²) in [5.74, 6) is 1.10. The number of benzene rings is 2. The van der Waals surface area contributed by atoms with Crippen molar-refractivity contribution in [3.05, 3.63) is 70.5 Å². The van der Waals surface area contributed by atoms with E-state index in [2.05, 4.69) is 58.4 Å². The fourth-order valence-electron chi connectivity index (χ4n) is 4.97. The molecule has 0 amide bonds. The lowest BCUT2D eigenvalue weighted by Crippen LogP contribution is -2.46. The summed E-state index contributed by atoms with van der Waals surface area (Å²) in [6, 6.07) is 14.1. The second kappa shape index (κ2) is 8.85. The SMILES string of the molecule is C=C(c1ccc2c(c1)N=C(C)C2CCCC)N1CCN(c2nc3ccccc3c(=O)[nH]2)CC1. The van der Waals surface area contributed by atoms with Gasteiger partial charge in [-0.05, 0) is 42.7 Å². The molecule has 0 saturated carbocycles. The van der Waals surface area contributed by atoms with Crippen molar-refractivity contribution in [3.63, 3.8) is 0 Å². The van der Waals surface area contributed by atoms with Crippen LogP contribution in [0.4, 0.5) is 11.6 Å². The number of aliphatic imine (C=N–C) groups is 1. The van der Waals surface area contributed by atoms with Crippen molar-refractivity contribution >= 4 is 33.9 Å². The first-order valence-electron chi connectivity index (χ1n) is 11.9. The van der Waals surface area contributed by atoms with E-state index in [4.69, 9.17) is 4.99 Å². The molecule has 1 aromatic heterocycles. The molecular formula is C27H31N5O. The summed E-state index contributed by atoms with van der Waals surface area (Å²) in [6.07, 6.45) is 3.61. The third-order valence-electron chi connectivity index (χ3n) is 6.95. The highest BCUT2D eigenvalue weighted by Crippen LogP contribution is 2.40. The van der Waals surface area contributed by atoms with Gasteiger partial charge < -0.3 is 9.80 Å². The average molecular weight is 442 g/mol. The highest BCUT2D eigenvalue weighted by atomic mass is 16.1. The van der Waals surface area contributed by atoms with Crippen LogP contribution in [0.2, 0.25) is 0 Å². The number of aromatic amines is 1. The number of nitrogens with one attached hydrogen (secondary N) is 1. The van der Waals surface area contributed by atoms with Crippen molar-refractivity contribution in [1.82, 2.24) is 14.9 Å². The Morgan fingerprint density at radius 1 is 1.15 bits per heavy atom. The van der Waals surface area contributed by atoms with Crippen LogP contribution in [-0.2, 0) is 0 Å². The van der Waals surface area contributed by atoms with E-state index in [0.717, 1.165) is 48.6 Å². The molecule has 3 heterocycles. The second-order valence-corrected chi connectivity index (χ2v) is 9.05. The maximum Gasteiger partial charge on any atom is 0.260 e. The Morgan fingerprint density at radius 2 is 1.94 bits per heavy atom. The van der Waals surface area contributed by atoms with Crippen LogP contribution in [0.15, 0.2) is 58.8 Å². The van der Waals surface area contributed by atoms with Gasteiger partial charge in [-0.2, -0.15) is 0 Å². The lowest BCUT2D eigenvalue weighted by molar-refractivity contribution is 0.365. The molecule has 3 aromatic rings. The topological polar surface area (TPSA) is 64.6 Å². The molecule has 0 aliphatic carbocycles. The zero-order chi connectivity index (χ0) is 22.9. The van der Waals surface area contributed by atoms with E-state index in [0.29, 0.717) is 17.3 Å². The van der Waals surface area contributed by atoms with Gasteiger partial charge in [0.25, 0.3) is 5.56 Å². The van der Waals surface area contributed by atoms with Crippen LogP contribution in [0.1, 0.15) is 50.2 Å². The Bertz CT molecular complexity index is 1280. The minimum absolute atomic E-state index is 0.0892.